The highest BCUT2D eigenvalue weighted by atomic mass is 16.7. The van der Waals surface area contributed by atoms with Crippen LogP contribution in [0.25, 0.3) is 0 Å². The van der Waals surface area contributed by atoms with Gasteiger partial charge in [0.2, 0.25) is 0 Å². The van der Waals surface area contributed by atoms with Crippen molar-refractivity contribution < 1.29 is 28.9 Å². The molecule has 0 radical (unpaired) electrons. The molecule has 37 heavy (non-hydrogen) atoms. The Morgan fingerprint density at radius 3 is 2.32 bits per heavy atom. The molecule has 10 atom stereocenters. The summed E-state index contributed by atoms with van der Waals surface area (Å²) >= 11 is 0. The van der Waals surface area contributed by atoms with Crippen LogP contribution in [0.5, 0.6) is 5.75 Å². The standard InChI is InChI=1S/C30H43NO6/c1-16-8-14-24-18(3)27(37-30-25(24)23(16)15-9-17(2)35-30)19(4)36-22-12-10-21(11-13-22)28(32)31-26(29(33)34)20-6-5-7-20/h10-13,16-20,23-27,30H,5-9,14-15H2,1-4H3,(H,31,32)(H,33,34)/t16-,17?,18-,19-,23+,24+,25?,26+,27+,30+/m1/s1. The molecule has 4 aliphatic rings. The minimum Gasteiger partial charge on any atom is -0.488 e. The third-order valence-electron chi connectivity index (χ3n) is 9.82. The molecule has 5 rings (SSSR count). The molecule has 7 nitrogen and oxygen atoms in total. The first-order chi connectivity index (χ1) is 17.7. The molecule has 2 saturated carbocycles. The van der Waals surface area contributed by atoms with Crippen molar-refractivity contribution in [2.24, 2.45) is 35.5 Å². The number of amides is 1. The predicted octanol–water partition coefficient (Wildman–Crippen LogP) is 5.28. The number of ether oxygens (including phenoxy) is 3. The molecule has 7 heteroatoms. The molecule has 2 saturated heterocycles. The fraction of sp³-hybridized carbons (Fsp3) is 0.733. The Bertz CT molecular complexity index is 961. The monoisotopic (exact) mass is 513 g/mol. The van der Waals surface area contributed by atoms with E-state index in [-0.39, 0.29) is 36.4 Å². The van der Waals surface area contributed by atoms with Crippen molar-refractivity contribution in [2.45, 2.75) is 103 Å². The first-order valence-corrected chi connectivity index (χ1v) is 14.3. The van der Waals surface area contributed by atoms with Crippen molar-refractivity contribution in [1.29, 1.82) is 0 Å². The maximum absolute atomic E-state index is 12.7. The van der Waals surface area contributed by atoms with Crippen LogP contribution >= 0.6 is 0 Å². The van der Waals surface area contributed by atoms with Gasteiger partial charge in [0, 0.05) is 11.5 Å². The number of hydrogen-bond donors (Lipinski definition) is 2. The summed E-state index contributed by atoms with van der Waals surface area (Å²) in [7, 11) is 0. The number of nitrogens with one attached hydrogen (secondary N) is 1. The summed E-state index contributed by atoms with van der Waals surface area (Å²) in [6.07, 6.45) is 7.29. The maximum Gasteiger partial charge on any atom is 0.326 e. The zero-order valence-corrected chi connectivity index (χ0v) is 22.6. The third kappa shape index (κ3) is 5.40. The van der Waals surface area contributed by atoms with Gasteiger partial charge in [-0.3, -0.25) is 4.79 Å². The van der Waals surface area contributed by atoms with Crippen molar-refractivity contribution in [1.82, 2.24) is 5.32 Å². The molecule has 2 heterocycles. The van der Waals surface area contributed by atoms with Gasteiger partial charge in [-0.05, 0) is 99.8 Å². The summed E-state index contributed by atoms with van der Waals surface area (Å²) in [4.78, 5) is 24.3. The summed E-state index contributed by atoms with van der Waals surface area (Å²) in [5.41, 5.74) is 0.430. The number of carbonyl (C=O) groups is 2. The summed E-state index contributed by atoms with van der Waals surface area (Å²) in [6, 6.07) is 6.12. The molecule has 1 aromatic carbocycles. The van der Waals surface area contributed by atoms with Gasteiger partial charge in [0.25, 0.3) is 5.91 Å². The maximum atomic E-state index is 12.7. The Balaban J connectivity index is 1.23. The van der Waals surface area contributed by atoms with E-state index in [2.05, 4.69) is 33.0 Å². The van der Waals surface area contributed by atoms with Crippen LogP contribution in [0.1, 0.15) is 83.0 Å². The predicted molar refractivity (Wildman–Crippen MR) is 139 cm³/mol. The molecule has 2 aliphatic carbocycles. The molecule has 204 valence electrons. The van der Waals surface area contributed by atoms with Gasteiger partial charge in [0.05, 0.1) is 6.10 Å². The van der Waals surface area contributed by atoms with Crippen LogP contribution in [0, 0.1) is 35.5 Å². The van der Waals surface area contributed by atoms with E-state index < -0.39 is 12.0 Å². The molecular weight excluding hydrogens is 470 g/mol. The van der Waals surface area contributed by atoms with Gasteiger partial charge in [0.15, 0.2) is 6.29 Å². The zero-order chi connectivity index (χ0) is 26.3. The summed E-state index contributed by atoms with van der Waals surface area (Å²) in [6.45, 7) is 8.92. The van der Waals surface area contributed by atoms with E-state index in [4.69, 9.17) is 14.2 Å². The lowest BCUT2D eigenvalue weighted by atomic mass is 9.60. The van der Waals surface area contributed by atoms with E-state index >= 15 is 0 Å². The van der Waals surface area contributed by atoms with Crippen LogP contribution in [-0.4, -0.2) is 47.6 Å². The topological polar surface area (TPSA) is 94.1 Å². The highest BCUT2D eigenvalue weighted by Crippen LogP contribution is 2.52. The van der Waals surface area contributed by atoms with Crippen molar-refractivity contribution in [3.05, 3.63) is 29.8 Å². The van der Waals surface area contributed by atoms with E-state index in [1.54, 1.807) is 24.3 Å². The fourth-order valence-electron chi connectivity index (χ4n) is 7.40. The van der Waals surface area contributed by atoms with Crippen LogP contribution in [-0.2, 0) is 14.3 Å². The molecule has 2 aliphatic heterocycles. The second-order valence-corrected chi connectivity index (χ2v) is 12.1. The molecule has 1 amide bonds. The second kappa shape index (κ2) is 10.9. The van der Waals surface area contributed by atoms with Crippen molar-refractivity contribution in [3.63, 3.8) is 0 Å². The lowest BCUT2D eigenvalue weighted by Crippen LogP contribution is -2.56. The Kier molecular flexibility index (Phi) is 7.83. The Hall–Kier alpha value is -2.12. The van der Waals surface area contributed by atoms with E-state index in [0.29, 0.717) is 40.9 Å². The molecule has 0 bridgehead atoms. The first kappa shape index (κ1) is 26.5. The third-order valence-corrected chi connectivity index (χ3v) is 9.82. The lowest BCUT2D eigenvalue weighted by molar-refractivity contribution is -0.288. The van der Waals surface area contributed by atoms with Crippen LogP contribution < -0.4 is 10.1 Å². The summed E-state index contributed by atoms with van der Waals surface area (Å²) in [5.74, 6) is 2.13. The van der Waals surface area contributed by atoms with Gasteiger partial charge in [0.1, 0.15) is 24.0 Å². The Morgan fingerprint density at radius 2 is 1.68 bits per heavy atom. The zero-order valence-electron chi connectivity index (χ0n) is 22.6. The quantitative estimate of drug-likeness (QED) is 0.516. The molecule has 0 aromatic heterocycles. The number of rotatable bonds is 7. The van der Waals surface area contributed by atoms with Gasteiger partial charge >= 0.3 is 5.97 Å². The van der Waals surface area contributed by atoms with E-state index in [1.807, 2.05) is 0 Å². The van der Waals surface area contributed by atoms with Gasteiger partial charge in [-0.2, -0.15) is 0 Å². The van der Waals surface area contributed by atoms with Crippen LogP contribution in [0.4, 0.5) is 0 Å². The van der Waals surface area contributed by atoms with Crippen LogP contribution in [0.2, 0.25) is 0 Å². The number of benzene rings is 1. The lowest BCUT2D eigenvalue weighted by Gasteiger charge is -2.53. The molecule has 4 fully saturated rings. The molecular formula is C30H43NO6. The Morgan fingerprint density at radius 1 is 0.973 bits per heavy atom. The average Bonchev–Trinajstić information content (AvgIpc) is 3.00. The van der Waals surface area contributed by atoms with Gasteiger partial charge in [-0.1, -0.05) is 26.7 Å². The molecule has 2 unspecified atom stereocenters. The van der Waals surface area contributed by atoms with E-state index in [9.17, 15) is 14.7 Å². The van der Waals surface area contributed by atoms with Crippen molar-refractivity contribution in [3.8, 4) is 5.75 Å². The minimum atomic E-state index is -0.971. The van der Waals surface area contributed by atoms with Crippen molar-refractivity contribution in [2.75, 3.05) is 0 Å². The molecule has 0 spiro atoms. The average molecular weight is 514 g/mol. The number of carboxylic acids is 1. The number of carbonyl (C=O) groups excluding carboxylic acids is 1. The number of carboxylic acid groups (broad SMARTS) is 1. The smallest absolute Gasteiger partial charge is 0.326 e. The highest BCUT2D eigenvalue weighted by Gasteiger charge is 2.53. The Labute approximate surface area is 220 Å². The van der Waals surface area contributed by atoms with E-state index in [1.165, 1.54) is 19.3 Å². The van der Waals surface area contributed by atoms with Gasteiger partial charge in [-0.15, -0.1) is 0 Å². The SMILES string of the molecule is CC1CC[C@@H]2C3[C@@H](O1)O[C@H]([C@@H](C)Oc1ccc(C(=O)N[C@H](C(=O)O)C4CCC4)cc1)[C@H](C)[C@@H]3CC[C@H]2C. The van der Waals surface area contributed by atoms with Gasteiger partial charge < -0.3 is 24.6 Å². The highest BCUT2D eigenvalue weighted by molar-refractivity contribution is 5.96. The van der Waals surface area contributed by atoms with Crippen molar-refractivity contribution >= 4 is 11.9 Å². The number of aliphatic carboxylic acids is 1. The first-order valence-electron chi connectivity index (χ1n) is 14.3. The summed E-state index contributed by atoms with van der Waals surface area (Å²) in [5, 5.41) is 12.2. The fourth-order valence-corrected chi connectivity index (χ4v) is 7.40. The molecule has 1 aromatic rings. The number of hydrogen-bond acceptors (Lipinski definition) is 5. The largest absolute Gasteiger partial charge is 0.488 e. The second-order valence-electron chi connectivity index (χ2n) is 12.1. The summed E-state index contributed by atoms with van der Waals surface area (Å²) < 4.78 is 19.4. The minimum absolute atomic E-state index is 0.0186. The van der Waals surface area contributed by atoms with E-state index in [0.717, 1.165) is 25.7 Å². The van der Waals surface area contributed by atoms with Gasteiger partial charge in [-0.25, -0.2) is 4.79 Å². The normalized spacial score (nSPS) is 37.3. The van der Waals surface area contributed by atoms with Crippen LogP contribution in [0.15, 0.2) is 24.3 Å². The molecule has 2 N–H and O–H groups in total. The van der Waals surface area contributed by atoms with Crippen LogP contribution in [0.3, 0.4) is 0 Å².